The zero-order chi connectivity index (χ0) is 22.2. The summed E-state index contributed by atoms with van der Waals surface area (Å²) in [5.41, 5.74) is 1.13. The summed E-state index contributed by atoms with van der Waals surface area (Å²) in [6, 6.07) is 13.9. The maximum Gasteiger partial charge on any atom is 0.262 e. The van der Waals surface area contributed by atoms with Crippen LogP contribution in [0.4, 0.5) is 5.69 Å². The number of anilines is 1. The van der Waals surface area contributed by atoms with Crippen LogP contribution in [0, 0.1) is 23.7 Å². The lowest BCUT2D eigenvalue weighted by Crippen LogP contribution is -2.28. The van der Waals surface area contributed by atoms with E-state index in [-0.39, 0.29) is 48.0 Å². The number of ether oxygens (including phenoxy) is 1. The van der Waals surface area contributed by atoms with Crippen molar-refractivity contribution in [2.45, 2.75) is 6.42 Å². The van der Waals surface area contributed by atoms with Crippen molar-refractivity contribution in [3.8, 4) is 5.75 Å². The Morgan fingerprint density at radius 1 is 1.09 bits per heavy atom. The number of hydrazone groups is 1. The molecular weight excluding hydrogens is 430 g/mol. The summed E-state index contributed by atoms with van der Waals surface area (Å²) >= 11 is 6.11. The van der Waals surface area contributed by atoms with Crippen LogP contribution in [0.2, 0.25) is 5.02 Å². The Morgan fingerprint density at radius 3 is 2.47 bits per heavy atom. The zero-order valence-corrected chi connectivity index (χ0v) is 17.7. The molecule has 5 rings (SSSR count). The van der Waals surface area contributed by atoms with E-state index in [0.29, 0.717) is 22.0 Å². The quantitative estimate of drug-likeness (QED) is 0.415. The third-order valence-electron chi connectivity index (χ3n) is 6.15. The number of imide groups is 1. The second-order valence-electron chi connectivity index (χ2n) is 8.12. The number of nitrogens with one attached hydrogen (secondary N) is 1. The molecule has 32 heavy (non-hydrogen) atoms. The lowest BCUT2D eigenvalue weighted by molar-refractivity contribution is -0.140. The van der Waals surface area contributed by atoms with Gasteiger partial charge in [-0.1, -0.05) is 42.0 Å². The van der Waals surface area contributed by atoms with E-state index in [1.54, 1.807) is 30.3 Å². The van der Waals surface area contributed by atoms with Crippen molar-refractivity contribution in [1.82, 2.24) is 5.01 Å². The van der Waals surface area contributed by atoms with Crippen LogP contribution in [0.3, 0.4) is 0 Å². The number of amides is 3. The Kier molecular flexibility index (Phi) is 5.27. The fourth-order valence-corrected chi connectivity index (χ4v) is 4.91. The largest absolute Gasteiger partial charge is 0.483 e. The van der Waals surface area contributed by atoms with Crippen LogP contribution in [-0.4, -0.2) is 35.6 Å². The van der Waals surface area contributed by atoms with Gasteiger partial charge >= 0.3 is 0 Å². The summed E-state index contributed by atoms with van der Waals surface area (Å²) in [5.74, 6) is -0.876. The SMILES string of the molecule is O=C(COc1ccc(Cl)cc1C=NN1C(=O)C2C3C=CC(C3)C2C1=O)Nc1ccccc1. The normalized spacial score (nSPS) is 25.6. The van der Waals surface area contributed by atoms with Crippen LogP contribution >= 0.6 is 11.6 Å². The lowest BCUT2D eigenvalue weighted by Gasteiger charge is -2.13. The average Bonchev–Trinajstić information content (AvgIpc) is 3.47. The minimum absolute atomic E-state index is 0.120. The summed E-state index contributed by atoms with van der Waals surface area (Å²) in [5, 5.41) is 8.32. The summed E-state index contributed by atoms with van der Waals surface area (Å²) in [7, 11) is 0. The fourth-order valence-electron chi connectivity index (χ4n) is 4.73. The van der Waals surface area contributed by atoms with Crippen molar-refractivity contribution in [2.75, 3.05) is 11.9 Å². The first-order valence-electron chi connectivity index (χ1n) is 10.4. The molecule has 7 nitrogen and oxygen atoms in total. The van der Waals surface area contributed by atoms with Gasteiger partial charge in [-0.3, -0.25) is 14.4 Å². The predicted molar refractivity (Wildman–Crippen MR) is 119 cm³/mol. The summed E-state index contributed by atoms with van der Waals surface area (Å²) in [6.07, 6.45) is 6.31. The van der Waals surface area contributed by atoms with Crippen molar-refractivity contribution in [3.05, 3.63) is 71.3 Å². The van der Waals surface area contributed by atoms with Crippen LogP contribution in [0.15, 0.2) is 65.8 Å². The van der Waals surface area contributed by atoms with E-state index >= 15 is 0 Å². The molecule has 4 atom stereocenters. The van der Waals surface area contributed by atoms with Crippen LogP contribution in [-0.2, 0) is 14.4 Å². The van der Waals surface area contributed by atoms with Gasteiger partial charge in [-0.05, 0) is 48.6 Å². The Labute approximate surface area is 189 Å². The van der Waals surface area contributed by atoms with Crippen LogP contribution < -0.4 is 10.1 Å². The number of nitrogens with zero attached hydrogens (tertiary/aromatic N) is 2. The molecule has 3 aliphatic rings. The molecule has 2 aromatic carbocycles. The van der Waals surface area contributed by atoms with E-state index in [2.05, 4.69) is 10.4 Å². The van der Waals surface area contributed by atoms with Crippen molar-refractivity contribution < 1.29 is 19.1 Å². The predicted octanol–water partition coefficient (Wildman–Crippen LogP) is 3.50. The van der Waals surface area contributed by atoms with Crippen molar-refractivity contribution in [1.29, 1.82) is 0 Å². The maximum absolute atomic E-state index is 12.8. The minimum atomic E-state index is -0.324. The topological polar surface area (TPSA) is 88.1 Å². The molecule has 1 N–H and O–H groups in total. The molecule has 2 fully saturated rings. The van der Waals surface area contributed by atoms with Gasteiger partial charge in [-0.25, -0.2) is 0 Å². The van der Waals surface area contributed by atoms with Gasteiger partial charge in [0.2, 0.25) is 0 Å². The first-order chi connectivity index (χ1) is 15.5. The molecule has 3 amide bonds. The number of carbonyl (C=O) groups is 3. The van der Waals surface area contributed by atoms with Gasteiger partial charge in [0.25, 0.3) is 17.7 Å². The highest BCUT2D eigenvalue weighted by molar-refractivity contribution is 6.31. The molecule has 2 aliphatic carbocycles. The first kappa shape index (κ1) is 20.5. The van der Waals surface area contributed by atoms with E-state index in [4.69, 9.17) is 16.3 Å². The van der Waals surface area contributed by atoms with E-state index in [1.165, 1.54) is 6.21 Å². The summed E-state index contributed by atoms with van der Waals surface area (Å²) in [6.45, 7) is -0.224. The van der Waals surface area contributed by atoms with Gasteiger partial charge in [0.05, 0.1) is 18.1 Å². The molecule has 2 aromatic rings. The number of hydrogen-bond donors (Lipinski definition) is 1. The van der Waals surface area contributed by atoms with Crippen LogP contribution in [0.5, 0.6) is 5.75 Å². The molecule has 1 saturated carbocycles. The highest BCUT2D eigenvalue weighted by Crippen LogP contribution is 2.52. The lowest BCUT2D eigenvalue weighted by atomic mass is 9.85. The van der Waals surface area contributed by atoms with E-state index in [0.717, 1.165) is 11.4 Å². The molecule has 0 spiro atoms. The number of halogens is 1. The number of carbonyl (C=O) groups excluding carboxylic acids is 3. The molecule has 2 bridgehead atoms. The molecule has 4 unspecified atom stereocenters. The van der Waals surface area contributed by atoms with Crippen molar-refractivity contribution in [2.24, 2.45) is 28.8 Å². The standard InChI is InChI=1S/C24H20ClN3O4/c25-17-8-9-19(32-13-20(29)27-18-4-2-1-3-5-18)16(11-17)12-26-28-23(30)21-14-6-7-15(10-14)22(21)24(28)31/h1-9,11-12,14-15,21-22H,10,13H2,(H,27,29). The van der Waals surface area contributed by atoms with Crippen LogP contribution in [0.1, 0.15) is 12.0 Å². The molecule has 1 aliphatic heterocycles. The van der Waals surface area contributed by atoms with Crippen molar-refractivity contribution in [3.63, 3.8) is 0 Å². The molecule has 1 saturated heterocycles. The molecule has 0 aromatic heterocycles. The fraction of sp³-hybridized carbons (Fsp3) is 0.250. The second kappa shape index (κ2) is 8.24. The molecule has 162 valence electrons. The van der Waals surface area contributed by atoms with E-state index in [1.807, 2.05) is 30.4 Å². The molecular formula is C24H20ClN3O4. The molecule has 0 radical (unpaired) electrons. The van der Waals surface area contributed by atoms with Gasteiger partial charge in [0.15, 0.2) is 6.61 Å². The van der Waals surface area contributed by atoms with Gasteiger partial charge in [0.1, 0.15) is 5.75 Å². The van der Waals surface area contributed by atoms with Crippen molar-refractivity contribution >= 4 is 41.2 Å². The Hall–Kier alpha value is -3.45. The highest BCUT2D eigenvalue weighted by Gasteiger charge is 2.59. The number of rotatable bonds is 6. The van der Waals surface area contributed by atoms with E-state index < -0.39 is 0 Å². The number of para-hydroxylation sites is 1. The molecule has 1 heterocycles. The monoisotopic (exact) mass is 449 g/mol. The third kappa shape index (κ3) is 3.69. The average molecular weight is 450 g/mol. The first-order valence-corrected chi connectivity index (χ1v) is 10.8. The maximum atomic E-state index is 12.8. The van der Waals surface area contributed by atoms with Gasteiger partial charge in [-0.15, -0.1) is 0 Å². The minimum Gasteiger partial charge on any atom is -0.483 e. The Morgan fingerprint density at radius 2 is 1.78 bits per heavy atom. The van der Waals surface area contributed by atoms with Crippen LogP contribution in [0.25, 0.3) is 0 Å². The summed E-state index contributed by atoms with van der Waals surface area (Å²) < 4.78 is 5.65. The summed E-state index contributed by atoms with van der Waals surface area (Å²) in [4.78, 5) is 37.8. The zero-order valence-electron chi connectivity index (χ0n) is 17.0. The third-order valence-corrected chi connectivity index (χ3v) is 6.38. The number of benzene rings is 2. The van der Waals surface area contributed by atoms with Gasteiger partial charge in [0, 0.05) is 16.3 Å². The van der Waals surface area contributed by atoms with Gasteiger partial charge < -0.3 is 10.1 Å². The highest BCUT2D eigenvalue weighted by atomic mass is 35.5. The Bertz CT molecular complexity index is 1120. The Balaban J connectivity index is 1.29. The smallest absolute Gasteiger partial charge is 0.262 e. The number of fused-ring (bicyclic) bond motifs is 5. The van der Waals surface area contributed by atoms with Gasteiger partial charge in [-0.2, -0.15) is 10.1 Å². The molecule has 8 heteroatoms. The second-order valence-corrected chi connectivity index (χ2v) is 8.55. The number of allylic oxidation sites excluding steroid dienone is 2. The number of hydrogen-bond acceptors (Lipinski definition) is 5. The van der Waals surface area contributed by atoms with E-state index in [9.17, 15) is 14.4 Å².